The molecule has 0 radical (unpaired) electrons. The van der Waals surface area contributed by atoms with Crippen LogP contribution in [0.2, 0.25) is 0 Å². The summed E-state index contributed by atoms with van der Waals surface area (Å²) in [5.74, 6) is 0. The lowest BCUT2D eigenvalue weighted by Crippen LogP contribution is -2.46. The summed E-state index contributed by atoms with van der Waals surface area (Å²) in [7, 11) is 2.44. The minimum atomic E-state index is 0.351. The molecule has 0 saturated heterocycles. The Labute approximate surface area is 191 Å². The molecule has 0 aromatic rings. The van der Waals surface area contributed by atoms with Gasteiger partial charge in [-0.3, -0.25) is 0 Å². The number of quaternary nitrogens is 1. The van der Waals surface area contributed by atoms with Crippen molar-refractivity contribution in [2.75, 3.05) is 33.3 Å². The van der Waals surface area contributed by atoms with Gasteiger partial charge in [-0.05, 0) is 25.7 Å². The van der Waals surface area contributed by atoms with Gasteiger partial charge in [0.15, 0.2) is 0 Å². The number of nitrogens with zero attached hydrogens (tertiary/aromatic N) is 1. The van der Waals surface area contributed by atoms with E-state index in [0.29, 0.717) is 6.61 Å². The standard InChI is InChI=1S/C28H60NO/c1-4-6-8-10-12-14-16-18-20-22-25-29(3,27-24-28-30)26-23-21-19-17-15-13-11-9-7-5-2/h30H,4-28H2,1-3H3/q+1. The Balaban J connectivity index is 3.72. The monoisotopic (exact) mass is 426 g/mol. The van der Waals surface area contributed by atoms with Crippen LogP contribution in [0.25, 0.3) is 0 Å². The first-order valence-corrected chi connectivity index (χ1v) is 14.1. The van der Waals surface area contributed by atoms with Crippen molar-refractivity contribution in [3.8, 4) is 0 Å². The molecule has 0 atom stereocenters. The van der Waals surface area contributed by atoms with Crippen LogP contribution in [0.4, 0.5) is 0 Å². The molecule has 0 rings (SSSR count). The summed E-state index contributed by atoms with van der Waals surface area (Å²) in [5.41, 5.74) is 0. The van der Waals surface area contributed by atoms with Crippen molar-refractivity contribution in [3.05, 3.63) is 0 Å². The van der Waals surface area contributed by atoms with Crippen LogP contribution in [-0.4, -0.2) is 42.9 Å². The molecule has 2 nitrogen and oxygen atoms in total. The molecule has 2 heteroatoms. The third kappa shape index (κ3) is 21.2. The van der Waals surface area contributed by atoms with E-state index in [2.05, 4.69) is 20.9 Å². The average molecular weight is 427 g/mol. The lowest BCUT2D eigenvalue weighted by molar-refractivity contribution is -0.910. The number of unbranched alkanes of at least 4 members (excludes halogenated alkanes) is 18. The summed E-state index contributed by atoms with van der Waals surface area (Å²) < 4.78 is 1.19. The SMILES string of the molecule is CCCCCCCCCCCC[N+](C)(CCCO)CCCCCCCCCCCC. The summed E-state index contributed by atoms with van der Waals surface area (Å²) >= 11 is 0. The molecular weight excluding hydrogens is 366 g/mol. The summed E-state index contributed by atoms with van der Waals surface area (Å²) in [4.78, 5) is 0. The molecule has 0 aromatic carbocycles. The molecule has 0 saturated carbocycles. The van der Waals surface area contributed by atoms with E-state index < -0.39 is 0 Å². The van der Waals surface area contributed by atoms with Crippen molar-refractivity contribution in [3.63, 3.8) is 0 Å². The van der Waals surface area contributed by atoms with Crippen LogP contribution < -0.4 is 0 Å². The van der Waals surface area contributed by atoms with Crippen LogP contribution in [0.3, 0.4) is 0 Å². The van der Waals surface area contributed by atoms with E-state index in [1.54, 1.807) is 0 Å². The fourth-order valence-corrected chi connectivity index (χ4v) is 4.75. The van der Waals surface area contributed by atoms with Gasteiger partial charge < -0.3 is 9.59 Å². The van der Waals surface area contributed by atoms with Crippen LogP contribution in [0.5, 0.6) is 0 Å². The normalized spacial score (nSPS) is 12.0. The molecular formula is C28H60NO+. The summed E-state index contributed by atoms with van der Waals surface area (Å²) in [6.07, 6.45) is 29.3. The maximum Gasteiger partial charge on any atom is 0.0806 e. The number of rotatable bonds is 25. The second-order valence-electron chi connectivity index (χ2n) is 10.2. The third-order valence-corrected chi connectivity index (χ3v) is 6.96. The van der Waals surface area contributed by atoms with E-state index in [0.717, 1.165) is 13.0 Å². The molecule has 0 aliphatic heterocycles. The van der Waals surface area contributed by atoms with Gasteiger partial charge in [0.05, 0.1) is 26.7 Å². The van der Waals surface area contributed by atoms with Gasteiger partial charge in [-0.25, -0.2) is 0 Å². The van der Waals surface area contributed by atoms with E-state index in [-0.39, 0.29) is 0 Å². The highest BCUT2D eigenvalue weighted by molar-refractivity contribution is 4.51. The first-order chi connectivity index (χ1) is 14.7. The number of aliphatic hydroxyl groups is 1. The van der Waals surface area contributed by atoms with Gasteiger partial charge in [-0.2, -0.15) is 0 Å². The average Bonchev–Trinajstić information content (AvgIpc) is 2.75. The second kappa shape index (κ2) is 23.6. The lowest BCUT2D eigenvalue weighted by Gasteiger charge is -2.35. The van der Waals surface area contributed by atoms with Crippen LogP contribution in [0.15, 0.2) is 0 Å². The van der Waals surface area contributed by atoms with Crippen LogP contribution in [0.1, 0.15) is 149 Å². The van der Waals surface area contributed by atoms with Crippen molar-refractivity contribution in [1.29, 1.82) is 0 Å². The molecule has 0 amide bonds. The Kier molecular flexibility index (Phi) is 23.5. The molecule has 0 aromatic heterocycles. The minimum Gasteiger partial charge on any atom is -0.396 e. The minimum absolute atomic E-state index is 0.351. The van der Waals surface area contributed by atoms with Crippen LogP contribution in [-0.2, 0) is 0 Å². The van der Waals surface area contributed by atoms with E-state index in [1.165, 1.54) is 146 Å². The molecule has 1 N–H and O–H groups in total. The number of hydrogen-bond donors (Lipinski definition) is 1. The van der Waals surface area contributed by atoms with E-state index >= 15 is 0 Å². The highest BCUT2D eigenvalue weighted by atomic mass is 16.3. The first kappa shape index (κ1) is 29.9. The Morgan fingerprint density at radius 2 is 0.667 bits per heavy atom. The van der Waals surface area contributed by atoms with Gasteiger partial charge in [0.25, 0.3) is 0 Å². The topological polar surface area (TPSA) is 20.2 Å². The van der Waals surface area contributed by atoms with Crippen LogP contribution >= 0.6 is 0 Å². The molecule has 0 aliphatic carbocycles. The molecule has 0 unspecified atom stereocenters. The predicted molar refractivity (Wildman–Crippen MR) is 136 cm³/mol. The molecule has 0 heterocycles. The zero-order valence-electron chi connectivity index (χ0n) is 21.6. The Hall–Kier alpha value is -0.0800. The van der Waals surface area contributed by atoms with E-state index in [1.807, 2.05) is 0 Å². The largest absolute Gasteiger partial charge is 0.396 e. The smallest absolute Gasteiger partial charge is 0.0806 e. The second-order valence-corrected chi connectivity index (χ2v) is 10.2. The first-order valence-electron chi connectivity index (χ1n) is 14.1. The maximum absolute atomic E-state index is 9.31. The van der Waals surface area contributed by atoms with Crippen molar-refractivity contribution >= 4 is 0 Å². The van der Waals surface area contributed by atoms with Gasteiger partial charge in [-0.1, -0.05) is 117 Å². The molecule has 0 aliphatic rings. The molecule has 30 heavy (non-hydrogen) atoms. The zero-order chi connectivity index (χ0) is 22.2. The molecule has 0 spiro atoms. The van der Waals surface area contributed by atoms with Gasteiger partial charge in [0, 0.05) is 13.0 Å². The van der Waals surface area contributed by atoms with Gasteiger partial charge in [0.2, 0.25) is 0 Å². The van der Waals surface area contributed by atoms with Gasteiger partial charge >= 0.3 is 0 Å². The Bertz CT molecular complexity index is 294. The van der Waals surface area contributed by atoms with E-state index in [4.69, 9.17) is 0 Å². The van der Waals surface area contributed by atoms with Gasteiger partial charge in [-0.15, -0.1) is 0 Å². The fraction of sp³-hybridized carbons (Fsp3) is 1.00. The van der Waals surface area contributed by atoms with Crippen molar-refractivity contribution in [2.45, 2.75) is 149 Å². The highest BCUT2D eigenvalue weighted by Crippen LogP contribution is 2.16. The Morgan fingerprint density at radius 1 is 0.400 bits per heavy atom. The Morgan fingerprint density at radius 3 is 0.967 bits per heavy atom. The predicted octanol–water partition coefficient (Wildman–Crippen LogP) is 8.66. The summed E-state index contributed by atoms with van der Waals surface area (Å²) in [6, 6.07) is 0. The summed E-state index contributed by atoms with van der Waals surface area (Å²) in [5, 5.41) is 9.31. The van der Waals surface area contributed by atoms with E-state index in [9.17, 15) is 5.11 Å². The van der Waals surface area contributed by atoms with Crippen LogP contribution in [0, 0.1) is 0 Å². The number of hydrogen-bond acceptors (Lipinski definition) is 1. The van der Waals surface area contributed by atoms with Crippen molar-refractivity contribution in [2.24, 2.45) is 0 Å². The quantitative estimate of drug-likeness (QED) is 0.114. The zero-order valence-corrected chi connectivity index (χ0v) is 21.6. The molecule has 182 valence electrons. The fourth-order valence-electron chi connectivity index (χ4n) is 4.75. The third-order valence-electron chi connectivity index (χ3n) is 6.96. The summed E-state index contributed by atoms with van der Waals surface area (Å²) in [6.45, 7) is 8.73. The lowest BCUT2D eigenvalue weighted by atomic mass is 10.1. The highest BCUT2D eigenvalue weighted by Gasteiger charge is 2.19. The molecule has 0 fully saturated rings. The van der Waals surface area contributed by atoms with Crippen molar-refractivity contribution in [1.82, 2.24) is 0 Å². The molecule has 0 bridgehead atoms. The maximum atomic E-state index is 9.31. The van der Waals surface area contributed by atoms with Gasteiger partial charge in [0.1, 0.15) is 0 Å². The number of aliphatic hydroxyl groups excluding tert-OH is 1. The van der Waals surface area contributed by atoms with Crippen molar-refractivity contribution < 1.29 is 9.59 Å².